The van der Waals surface area contributed by atoms with Crippen LogP contribution in [0.25, 0.3) is 10.8 Å². The molecule has 0 radical (unpaired) electrons. The molecule has 11 heteroatoms. The summed E-state index contributed by atoms with van der Waals surface area (Å²) in [7, 11) is 0. The Morgan fingerprint density at radius 1 is 0.966 bits per heavy atom. The number of hydrazine groups is 1. The largest absolute Gasteiger partial charge is 0.484 e. The number of benzene rings is 2. The van der Waals surface area contributed by atoms with Gasteiger partial charge in [-0.25, -0.2) is 5.10 Å². The van der Waals surface area contributed by atoms with Crippen LogP contribution in [0.5, 0.6) is 5.75 Å². The summed E-state index contributed by atoms with van der Waals surface area (Å²) in [5, 5.41) is 6.46. The maximum atomic E-state index is 12.3. The fourth-order valence-corrected chi connectivity index (χ4v) is 2.40. The fourth-order valence-electron chi connectivity index (χ4n) is 2.40. The summed E-state index contributed by atoms with van der Waals surface area (Å²) >= 11 is 0. The predicted molar refractivity (Wildman–Crippen MR) is 95.3 cm³/mol. The standard InChI is InChI=1S/C18H13F3N4O4/c19-18(20,21)9-29-11-7-5-10(6-8-11)15(26)23-25-17(28)14-12-3-1-2-4-13(12)16(27)24-22-14/h1-8H,9H2,(H,23,26)(H,24,27)(H,25,28). The maximum Gasteiger partial charge on any atom is 0.422 e. The number of ether oxygens (including phenoxy) is 1. The second kappa shape index (κ2) is 8.00. The highest BCUT2D eigenvalue weighted by atomic mass is 19.4. The Bertz CT molecular complexity index is 1110. The monoisotopic (exact) mass is 406 g/mol. The van der Waals surface area contributed by atoms with Crippen molar-refractivity contribution in [2.45, 2.75) is 6.18 Å². The Hall–Kier alpha value is -3.89. The van der Waals surface area contributed by atoms with Gasteiger partial charge in [-0.2, -0.15) is 18.3 Å². The molecule has 0 aliphatic heterocycles. The Morgan fingerprint density at radius 2 is 1.59 bits per heavy atom. The molecule has 0 aliphatic rings. The van der Waals surface area contributed by atoms with Crippen molar-refractivity contribution in [1.82, 2.24) is 21.0 Å². The lowest BCUT2D eigenvalue weighted by atomic mass is 10.1. The molecule has 0 saturated heterocycles. The molecule has 0 fully saturated rings. The Morgan fingerprint density at radius 3 is 2.24 bits per heavy atom. The number of halogens is 3. The third-order valence-electron chi connectivity index (χ3n) is 3.72. The number of H-pyrrole nitrogens is 1. The van der Waals surface area contributed by atoms with E-state index >= 15 is 0 Å². The highest BCUT2D eigenvalue weighted by Crippen LogP contribution is 2.19. The van der Waals surface area contributed by atoms with Crippen LogP contribution in [-0.2, 0) is 0 Å². The zero-order valence-corrected chi connectivity index (χ0v) is 14.5. The van der Waals surface area contributed by atoms with Gasteiger partial charge < -0.3 is 4.74 Å². The van der Waals surface area contributed by atoms with Gasteiger partial charge in [-0.1, -0.05) is 18.2 Å². The van der Waals surface area contributed by atoms with E-state index in [1.165, 1.54) is 36.4 Å². The SMILES string of the molecule is O=C(NNC(=O)c1n[nH]c(=O)c2ccccc12)c1ccc(OCC(F)(F)F)cc1. The minimum absolute atomic E-state index is 0.0631. The van der Waals surface area contributed by atoms with Gasteiger partial charge in [0.1, 0.15) is 5.75 Å². The van der Waals surface area contributed by atoms with Crippen molar-refractivity contribution in [3.63, 3.8) is 0 Å². The molecule has 1 aromatic heterocycles. The molecule has 8 nitrogen and oxygen atoms in total. The van der Waals surface area contributed by atoms with Gasteiger partial charge in [0.15, 0.2) is 12.3 Å². The van der Waals surface area contributed by atoms with E-state index in [0.29, 0.717) is 5.39 Å². The van der Waals surface area contributed by atoms with Gasteiger partial charge in [-0.3, -0.25) is 25.2 Å². The molecule has 0 spiro atoms. The first-order valence-corrected chi connectivity index (χ1v) is 8.12. The van der Waals surface area contributed by atoms with Crippen LogP contribution in [0, 0.1) is 0 Å². The number of carbonyl (C=O) groups excluding carboxylic acids is 2. The number of hydrogen-bond acceptors (Lipinski definition) is 5. The van der Waals surface area contributed by atoms with Crippen LogP contribution in [0.15, 0.2) is 53.3 Å². The number of aromatic amines is 1. The lowest BCUT2D eigenvalue weighted by Crippen LogP contribution is -2.42. The quantitative estimate of drug-likeness (QED) is 0.573. The number of aromatic nitrogens is 2. The average Bonchev–Trinajstić information content (AvgIpc) is 2.70. The van der Waals surface area contributed by atoms with Crippen LogP contribution >= 0.6 is 0 Å². The van der Waals surface area contributed by atoms with Crippen molar-refractivity contribution in [3.8, 4) is 5.75 Å². The number of alkyl halides is 3. The van der Waals surface area contributed by atoms with E-state index in [4.69, 9.17) is 0 Å². The first kappa shape index (κ1) is 19.9. The van der Waals surface area contributed by atoms with Gasteiger partial charge in [0, 0.05) is 10.9 Å². The van der Waals surface area contributed by atoms with E-state index in [2.05, 4.69) is 25.8 Å². The number of hydrogen-bond donors (Lipinski definition) is 3. The highest BCUT2D eigenvalue weighted by Gasteiger charge is 2.28. The van der Waals surface area contributed by atoms with Crippen molar-refractivity contribution >= 4 is 22.6 Å². The van der Waals surface area contributed by atoms with Crippen molar-refractivity contribution < 1.29 is 27.5 Å². The Balaban J connectivity index is 1.64. The molecule has 29 heavy (non-hydrogen) atoms. The van der Waals surface area contributed by atoms with Crippen molar-refractivity contribution in [2.75, 3.05) is 6.61 Å². The van der Waals surface area contributed by atoms with Gasteiger partial charge >= 0.3 is 6.18 Å². The summed E-state index contributed by atoms with van der Waals surface area (Å²) in [6, 6.07) is 11.2. The molecular weight excluding hydrogens is 393 g/mol. The third-order valence-corrected chi connectivity index (χ3v) is 3.72. The molecule has 1 heterocycles. The number of rotatable bonds is 4. The topological polar surface area (TPSA) is 113 Å². The van der Waals surface area contributed by atoms with E-state index in [9.17, 15) is 27.6 Å². The van der Waals surface area contributed by atoms with Crippen molar-refractivity contribution in [2.24, 2.45) is 0 Å². The number of carbonyl (C=O) groups is 2. The number of nitrogens with zero attached hydrogens (tertiary/aromatic N) is 1. The van der Waals surface area contributed by atoms with Crippen LogP contribution in [0.2, 0.25) is 0 Å². The molecule has 0 saturated carbocycles. The van der Waals surface area contributed by atoms with Gasteiger partial charge in [0.2, 0.25) is 0 Å². The van der Waals surface area contributed by atoms with Gasteiger partial charge in [-0.05, 0) is 30.3 Å². The lowest BCUT2D eigenvalue weighted by Gasteiger charge is -2.10. The van der Waals surface area contributed by atoms with E-state index in [1.54, 1.807) is 12.1 Å². The number of amides is 2. The van der Waals surface area contributed by atoms with Crippen LogP contribution < -0.4 is 21.1 Å². The molecule has 2 aromatic carbocycles. The molecule has 3 N–H and O–H groups in total. The summed E-state index contributed by atoms with van der Waals surface area (Å²) in [5.41, 5.74) is 3.84. The highest BCUT2D eigenvalue weighted by molar-refractivity contribution is 6.05. The summed E-state index contributed by atoms with van der Waals surface area (Å²) in [6.45, 7) is -1.45. The van der Waals surface area contributed by atoms with Crippen molar-refractivity contribution in [1.29, 1.82) is 0 Å². The van der Waals surface area contributed by atoms with Gasteiger partial charge in [0.05, 0.1) is 5.39 Å². The second-order valence-electron chi connectivity index (χ2n) is 5.78. The minimum atomic E-state index is -4.47. The van der Waals surface area contributed by atoms with Crippen LogP contribution in [0.4, 0.5) is 13.2 Å². The van der Waals surface area contributed by atoms with Gasteiger partial charge in [0.25, 0.3) is 17.4 Å². The Kier molecular flexibility index (Phi) is 5.48. The fraction of sp³-hybridized carbons (Fsp3) is 0.111. The van der Waals surface area contributed by atoms with Crippen LogP contribution in [-0.4, -0.2) is 34.8 Å². The van der Waals surface area contributed by atoms with Gasteiger partial charge in [-0.15, -0.1) is 0 Å². The van der Waals surface area contributed by atoms with Crippen LogP contribution in [0.3, 0.4) is 0 Å². The van der Waals surface area contributed by atoms with E-state index in [1.807, 2.05) is 0 Å². The molecule has 3 rings (SSSR count). The molecular formula is C18H13F3N4O4. The predicted octanol–water partition coefficient (Wildman–Crippen LogP) is 1.94. The van der Waals surface area contributed by atoms with E-state index in [-0.39, 0.29) is 22.4 Å². The summed E-state index contributed by atoms with van der Waals surface area (Å²) in [4.78, 5) is 36.1. The summed E-state index contributed by atoms with van der Waals surface area (Å²) in [5.74, 6) is -1.54. The summed E-state index contributed by atoms with van der Waals surface area (Å²) < 4.78 is 40.9. The second-order valence-corrected chi connectivity index (χ2v) is 5.78. The Labute approximate surface area is 160 Å². The first-order valence-electron chi connectivity index (χ1n) is 8.12. The zero-order chi connectivity index (χ0) is 21.0. The summed E-state index contributed by atoms with van der Waals surface area (Å²) in [6.07, 6.45) is -4.47. The smallest absolute Gasteiger partial charge is 0.422 e. The molecule has 0 bridgehead atoms. The zero-order valence-electron chi connectivity index (χ0n) is 14.5. The lowest BCUT2D eigenvalue weighted by molar-refractivity contribution is -0.153. The average molecular weight is 406 g/mol. The van der Waals surface area contributed by atoms with Crippen LogP contribution in [0.1, 0.15) is 20.8 Å². The molecule has 3 aromatic rings. The molecule has 0 aliphatic carbocycles. The number of fused-ring (bicyclic) bond motifs is 1. The minimum Gasteiger partial charge on any atom is -0.484 e. The third kappa shape index (κ3) is 4.89. The molecule has 0 atom stereocenters. The molecule has 0 unspecified atom stereocenters. The molecule has 2 amide bonds. The first-order chi connectivity index (χ1) is 13.7. The maximum absolute atomic E-state index is 12.3. The van der Waals surface area contributed by atoms with E-state index < -0.39 is 30.2 Å². The normalized spacial score (nSPS) is 11.1. The van der Waals surface area contributed by atoms with E-state index in [0.717, 1.165) is 0 Å². The molecule has 150 valence electrons. The number of nitrogens with one attached hydrogen (secondary N) is 3. The van der Waals surface area contributed by atoms with Crippen molar-refractivity contribution in [3.05, 3.63) is 70.1 Å².